The second-order valence-corrected chi connectivity index (χ2v) is 7.52. The largest absolute Gasteiger partial charge is 0.457 e. The van der Waals surface area contributed by atoms with Gasteiger partial charge >= 0.3 is 6.18 Å². The Kier molecular flexibility index (Phi) is 5.65. The predicted molar refractivity (Wildman–Crippen MR) is 100 cm³/mol. The van der Waals surface area contributed by atoms with Gasteiger partial charge in [0.15, 0.2) is 0 Å². The molecule has 0 radical (unpaired) electrons. The summed E-state index contributed by atoms with van der Waals surface area (Å²) in [6.45, 7) is 1.86. The summed E-state index contributed by atoms with van der Waals surface area (Å²) in [6, 6.07) is 19.2. The van der Waals surface area contributed by atoms with Crippen molar-refractivity contribution in [2.75, 3.05) is 5.75 Å². The lowest BCUT2D eigenvalue weighted by Crippen LogP contribution is -2.04. The Bertz CT molecular complexity index is 933. The van der Waals surface area contributed by atoms with Crippen LogP contribution in [0.2, 0.25) is 0 Å². The van der Waals surface area contributed by atoms with Gasteiger partial charge in [0.2, 0.25) is 0 Å². The van der Waals surface area contributed by atoms with Crippen LogP contribution in [0, 0.1) is 0 Å². The topological polar surface area (TPSA) is 26.3 Å². The highest BCUT2D eigenvalue weighted by Crippen LogP contribution is 2.35. The molecule has 0 aliphatic heterocycles. The van der Waals surface area contributed by atoms with E-state index in [4.69, 9.17) is 4.74 Å². The fraction of sp³-hybridized carbons (Fsp3) is 0.143. The second kappa shape index (κ2) is 7.96. The quantitative estimate of drug-likeness (QED) is 0.512. The van der Waals surface area contributed by atoms with Crippen molar-refractivity contribution in [1.82, 2.24) is 0 Å². The Morgan fingerprint density at radius 1 is 0.889 bits per heavy atom. The summed E-state index contributed by atoms with van der Waals surface area (Å²) in [6.07, 6.45) is -4.38. The third-order valence-corrected chi connectivity index (χ3v) is 5.31. The van der Waals surface area contributed by atoms with Gasteiger partial charge in [-0.25, -0.2) is 0 Å². The third-order valence-electron chi connectivity index (χ3n) is 3.99. The molecule has 0 fully saturated rings. The molecule has 3 rings (SSSR count). The van der Waals surface area contributed by atoms with Crippen molar-refractivity contribution in [2.45, 2.75) is 18.0 Å². The van der Waals surface area contributed by atoms with Crippen molar-refractivity contribution in [3.8, 4) is 22.6 Å². The highest BCUT2D eigenvalue weighted by molar-refractivity contribution is 7.85. The van der Waals surface area contributed by atoms with Gasteiger partial charge in [0, 0.05) is 16.2 Å². The molecule has 1 atom stereocenters. The van der Waals surface area contributed by atoms with Crippen LogP contribution in [0.3, 0.4) is 0 Å². The number of para-hydroxylation sites is 1. The Morgan fingerprint density at radius 2 is 1.52 bits per heavy atom. The molecule has 6 heteroatoms. The summed E-state index contributed by atoms with van der Waals surface area (Å²) in [7, 11) is -1.02. The highest BCUT2D eigenvalue weighted by atomic mass is 32.2. The molecule has 3 aromatic carbocycles. The number of benzene rings is 3. The Balaban J connectivity index is 1.87. The average Bonchev–Trinajstić information content (AvgIpc) is 2.68. The molecular weight excluding hydrogens is 373 g/mol. The summed E-state index contributed by atoms with van der Waals surface area (Å²) in [5.41, 5.74) is 0.947. The Morgan fingerprint density at radius 3 is 2.11 bits per heavy atom. The van der Waals surface area contributed by atoms with Gasteiger partial charge in [-0.3, -0.25) is 4.21 Å². The Hall–Kier alpha value is -2.60. The van der Waals surface area contributed by atoms with Gasteiger partial charge < -0.3 is 4.74 Å². The highest BCUT2D eigenvalue weighted by Gasteiger charge is 2.30. The maximum atomic E-state index is 12.7. The van der Waals surface area contributed by atoms with Crippen molar-refractivity contribution >= 4 is 10.8 Å². The lowest BCUT2D eigenvalue weighted by atomic mass is 10.0. The monoisotopic (exact) mass is 390 g/mol. The zero-order valence-electron chi connectivity index (χ0n) is 14.5. The molecule has 3 aromatic rings. The first kappa shape index (κ1) is 19.2. The summed E-state index contributed by atoms with van der Waals surface area (Å²) < 4.78 is 55.7. The fourth-order valence-electron chi connectivity index (χ4n) is 2.59. The maximum absolute atomic E-state index is 12.7. The zero-order valence-corrected chi connectivity index (χ0v) is 15.3. The van der Waals surface area contributed by atoms with Crippen LogP contribution in [0.15, 0.2) is 77.7 Å². The van der Waals surface area contributed by atoms with Gasteiger partial charge in [0.25, 0.3) is 0 Å². The first-order chi connectivity index (χ1) is 12.9. The molecule has 140 valence electrons. The Labute approximate surface area is 158 Å². The van der Waals surface area contributed by atoms with Gasteiger partial charge in [-0.2, -0.15) is 13.2 Å². The molecule has 0 bridgehead atoms. The van der Waals surface area contributed by atoms with Crippen LogP contribution in [-0.2, 0) is 17.0 Å². The number of rotatable bonds is 5. The normalized spacial score (nSPS) is 12.6. The van der Waals surface area contributed by atoms with E-state index in [1.54, 1.807) is 12.1 Å². The summed E-state index contributed by atoms with van der Waals surface area (Å²) >= 11 is 0. The van der Waals surface area contributed by atoms with Gasteiger partial charge in [-0.05, 0) is 48.0 Å². The minimum Gasteiger partial charge on any atom is -0.457 e. The lowest BCUT2D eigenvalue weighted by Gasteiger charge is -2.13. The van der Waals surface area contributed by atoms with E-state index in [0.29, 0.717) is 17.3 Å². The SMILES string of the molecule is CCS(=O)c1ccc(-c2ccccc2Oc2ccc(C(F)(F)F)cc2)cc1. The van der Waals surface area contributed by atoms with Crippen LogP contribution >= 0.6 is 0 Å². The fourth-order valence-corrected chi connectivity index (χ4v) is 3.36. The van der Waals surface area contributed by atoms with E-state index in [9.17, 15) is 17.4 Å². The van der Waals surface area contributed by atoms with Crippen molar-refractivity contribution < 1.29 is 22.1 Å². The van der Waals surface area contributed by atoms with E-state index in [0.717, 1.165) is 28.2 Å². The number of hydrogen-bond acceptors (Lipinski definition) is 2. The third kappa shape index (κ3) is 4.57. The molecule has 2 nitrogen and oxygen atoms in total. The molecule has 27 heavy (non-hydrogen) atoms. The van der Waals surface area contributed by atoms with Crippen molar-refractivity contribution in [3.63, 3.8) is 0 Å². The molecule has 0 saturated heterocycles. The van der Waals surface area contributed by atoms with E-state index in [1.165, 1.54) is 12.1 Å². The van der Waals surface area contributed by atoms with Crippen LogP contribution in [0.5, 0.6) is 11.5 Å². The molecule has 0 aliphatic carbocycles. The van der Waals surface area contributed by atoms with E-state index in [2.05, 4.69) is 0 Å². The second-order valence-electron chi connectivity index (χ2n) is 5.78. The lowest BCUT2D eigenvalue weighted by molar-refractivity contribution is -0.137. The first-order valence-electron chi connectivity index (χ1n) is 8.31. The first-order valence-corrected chi connectivity index (χ1v) is 9.63. The van der Waals surface area contributed by atoms with Crippen LogP contribution < -0.4 is 4.74 Å². The molecule has 0 N–H and O–H groups in total. The van der Waals surface area contributed by atoms with Crippen LogP contribution in [0.4, 0.5) is 13.2 Å². The molecular formula is C21H17F3O2S. The number of alkyl halides is 3. The predicted octanol–water partition coefficient (Wildman–Crippen LogP) is 6.29. The molecule has 0 heterocycles. The number of ether oxygens (including phenoxy) is 1. The van der Waals surface area contributed by atoms with Crippen molar-refractivity contribution in [3.05, 3.63) is 78.4 Å². The van der Waals surface area contributed by atoms with Crippen molar-refractivity contribution in [2.24, 2.45) is 0 Å². The minimum atomic E-state index is -4.38. The standard InChI is InChI=1S/C21H17F3O2S/c1-2-27(25)18-13-7-15(8-14-18)19-5-3-4-6-20(19)26-17-11-9-16(10-12-17)21(22,23)24/h3-14H,2H2,1H3. The van der Waals surface area contributed by atoms with Crippen LogP contribution in [-0.4, -0.2) is 9.96 Å². The average molecular weight is 390 g/mol. The molecule has 0 aliphatic rings. The van der Waals surface area contributed by atoms with Crippen molar-refractivity contribution in [1.29, 1.82) is 0 Å². The maximum Gasteiger partial charge on any atom is 0.416 e. The molecule has 0 aromatic heterocycles. The van der Waals surface area contributed by atoms with E-state index >= 15 is 0 Å². The molecule has 0 spiro atoms. The number of hydrogen-bond donors (Lipinski definition) is 0. The summed E-state index contributed by atoms with van der Waals surface area (Å²) in [5, 5.41) is 0. The molecule has 0 amide bonds. The van der Waals surface area contributed by atoms with Crippen LogP contribution in [0.1, 0.15) is 12.5 Å². The van der Waals surface area contributed by atoms with Gasteiger partial charge in [-0.1, -0.05) is 37.3 Å². The van der Waals surface area contributed by atoms with E-state index in [1.807, 2.05) is 43.3 Å². The number of halogens is 3. The van der Waals surface area contributed by atoms with E-state index < -0.39 is 22.5 Å². The van der Waals surface area contributed by atoms with Gasteiger partial charge in [0.05, 0.1) is 16.4 Å². The van der Waals surface area contributed by atoms with Gasteiger partial charge in [0.1, 0.15) is 11.5 Å². The van der Waals surface area contributed by atoms with E-state index in [-0.39, 0.29) is 0 Å². The van der Waals surface area contributed by atoms with Crippen LogP contribution in [0.25, 0.3) is 11.1 Å². The van der Waals surface area contributed by atoms with Gasteiger partial charge in [-0.15, -0.1) is 0 Å². The summed E-state index contributed by atoms with van der Waals surface area (Å²) in [4.78, 5) is 0.752. The summed E-state index contributed by atoms with van der Waals surface area (Å²) in [5.74, 6) is 1.40. The minimum absolute atomic E-state index is 0.319. The molecule has 1 unspecified atom stereocenters. The smallest absolute Gasteiger partial charge is 0.416 e. The zero-order chi connectivity index (χ0) is 19.4. The molecule has 0 saturated carbocycles.